The second kappa shape index (κ2) is 6.44. The van der Waals surface area contributed by atoms with Crippen molar-refractivity contribution in [2.45, 2.75) is 44.2 Å². The minimum absolute atomic E-state index is 0.0467. The lowest BCUT2D eigenvalue weighted by molar-refractivity contribution is -0.148. The standard InChI is InChI=1S/C24H24N2O3/c27-21-13-16-12-20-22-18(10-11-25(20)14-15-6-2-1-3-7-15)17-8-4-5-9-19(17)26(22)24(28)23(16)29-21/h1-9,16,20,23-24,28H,10-14H2/t16-,20?,23+,24?/m1/s1. The SMILES string of the molecule is O=C1C[C@H]2CC3c4c(c5ccccc5n4C(O)[C@H]2O1)CCN3Cc1ccccc1. The van der Waals surface area contributed by atoms with Gasteiger partial charge in [-0.3, -0.25) is 9.69 Å². The molecule has 0 radical (unpaired) electrons. The van der Waals surface area contributed by atoms with Crippen molar-refractivity contribution in [1.29, 1.82) is 0 Å². The largest absolute Gasteiger partial charge is 0.457 e. The van der Waals surface area contributed by atoms with Gasteiger partial charge < -0.3 is 14.4 Å². The molecule has 4 atom stereocenters. The first-order valence-electron chi connectivity index (χ1n) is 10.5. The molecule has 5 heteroatoms. The maximum atomic E-state index is 12.1. The van der Waals surface area contributed by atoms with Crippen LogP contribution in [0.25, 0.3) is 10.9 Å². The van der Waals surface area contributed by atoms with E-state index in [4.69, 9.17) is 4.74 Å². The number of para-hydroxylation sites is 1. The van der Waals surface area contributed by atoms with Gasteiger partial charge in [0.05, 0.1) is 18.0 Å². The molecule has 3 aromatic rings. The summed E-state index contributed by atoms with van der Waals surface area (Å²) in [6.07, 6.45) is 0.904. The third kappa shape index (κ3) is 2.57. The van der Waals surface area contributed by atoms with Crippen LogP contribution in [0.2, 0.25) is 0 Å². The van der Waals surface area contributed by atoms with Crippen LogP contribution < -0.4 is 0 Å². The highest BCUT2D eigenvalue weighted by atomic mass is 16.6. The van der Waals surface area contributed by atoms with Crippen molar-refractivity contribution in [1.82, 2.24) is 9.47 Å². The van der Waals surface area contributed by atoms with Crippen molar-refractivity contribution in [2.24, 2.45) is 5.92 Å². The fourth-order valence-electron chi connectivity index (χ4n) is 5.70. The molecule has 3 aliphatic heterocycles. The lowest BCUT2D eigenvalue weighted by atomic mass is 9.88. The molecule has 0 spiro atoms. The first-order chi connectivity index (χ1) is 14.2. The molecule has 5 nitrogen and oxygen atoms in total. The van der Waals surface area contributed by atoms with Crippen molar-refractivity contribution >= 4 is 16.9 Å². The maximum Gasteiger partial charge on any atom is 0.306 e. The van der Waals surface area contributed by atoms with E-state index in [1.807, 2.05) is 12.1 Å². The summed E-state index contributed by atoms with van der Waals surface area (Å²) in [6.45, 7) is 1.84. The third-order valence-corrected chi connectivity index (χ3v) is 6.94. The van der Waals surface area contributed by atoms with Crippen LogP contribution >= 0.6 is 0 Å². The van der Waals surface area contributed by atoms with Gasteiger partial charge in [0.25, 0.3) is 0 Å². The van der Waals surface area contributed by atoms with Gasteiger partial charge in [0.2, 0.25) is 0 Å². The number of hydrogen-bond donors (Lipinski definition) is 1. The predicted molar refractivity (Wildman–Crippen MR) is 109 cm³/mol. The zero-order valence-electron chi connectivity index (χ0n) is 16.2. The number of aromatic nitrogens is 1. The van der Waals surface area contributed by atoms with Gasteiger partial charge in [-0.05, 0) is 30.0 Å². The van der Waals surface area contributed by atoms with E-state index in [0.29, 0.717) is 6.42 Å². The minimum atomic E-state index is -0.832. The molecule has 0 saturated carbocycles. The Labute approximate surface area is 169 Å². The quantitative estimate of drug-likeness (QED) is 0.682. The molecule has 2 aromatic carbocycles. The van der Waals surface area contributed by atoms with Gasteiger partial charge in [-0.25, -0.2) is 0 Å². The first-order valence-corrected chi connectivity index (χ1v) is 10.5. The zero-order valence-corrected chi connectivity index (χ0v) is 16.2. The van der Waals surface area contributed by atoms with E-state index >= 15 is 0 Å². The molecular weight excluding hydrogens is 364 g/mol. The number of carbonyl (C=O) groups is 1. The average molecular weight is 388 g/mol. The molecule has 6 rings (SSSR count). The summed E-state index contributed by atoms with van der Waals surface area (Å²) in [7, 11) is 0. The van der Waals surface area contributed by atoms with Crippen LogP contribution in [0.15, 0.2) is 54.6 Å². The molecule has 0 amide bonds. The number of aliphatic hydroxyl groups excluding tert-OH is 1. The van der Waals surface area contributed by atoms with Gasteiger partial charge >= 0.3 is 5.97 Å². The third-order valence-electron chi connectivity index (χ3n) is 6.94. The van der Waals surface area contributed by atoms with Crippen LogP contribution in [0.1, 0.15) is 41.9 Å². The summed E-state index contributed by atoms with van der Waals surface area (Å²) in [5, 5.41) is 12.5. The van der Waals surface area contributed by atoms with Crippen molar-refractivity contribution in [3.05, 3.63) is 71.4 Å². The van der Waals surface area contributed by atoms with E-state index in [-0.39, 0.29) is 17.9 Å². The van der Waals surface area contributed by atoms with E-state index < -0.39 is 12.3 Å². The maximum absolute atomic E-state index is 12.1. The Bertz CT molecular complexity index is 1090. The molecule has 2 unspecified atom stereocenters. The molecule has 0 aliphatic carbocycles. The fraction of sp³-hybridized carbons (Fsp3) is 0.375. The number of esters is 1. The minimum Gasteiger partial charge on any atom is -0.457 e. The average Bonchev–Trinajstić information content (AvgIpc) is 3.24. The number of fused-ring (bicyclic) bond motifs is 4. The van der Waals surface area contributed by atoms with E-state index in [1.165, 1.54) is 22.2 Å². The zero-order chi connectivity index (χ0) is 19.5. The summed E-state index contributed by atoms with van der Waals surface area (Å²) in [5.74, 6) is -0.144. The highest BCUT2D eigenvalue weighted by molar-refractivity contribution is 5.86. The summed E-state index contributed by atoms with van der Waals surface area (Å²) < 4.78 is 7.68. The number of nitrogens with zero attached hydrogens (tertiary/aromatic N) is 2. The molecule has 0 bridgehead atoms. The number of rotatable bonds is 2. The first kappa shape index (κ1) is 17.2. The van der Waals surface area contributed by atoms with Crippen LogP contribution in [0.3, 0.4) is 0 Å². The highest BCUT2D eigenvalue weighted by Gasteiger charge is 2.48. The Morgan fingerprint density at radius 1 is 1.07 bits per heavy atom. The second-order valence-corrected chi connectivity index (χ2v) is 8.54. The van der Waals surface area contributed by atoms with Crippen LogP contribution in [0, 0.1) is 5.92 Å². The molecule has 1 aromatic heterocycles. The van der Waals surface area contributed by atoms with Gasteiger partial charge in [0.1, 0.15) is 6.10 Å². The molecule has 29 heavy (non-hydrogen) atoms. The lowest BCUT2D eigenvalue weighted by Crippen LogP contribution is -2.36. The van der Waals surface area contributed by atoms with Crippen LogP contribution in [-0.2, 0) is 22.5 Å². The van der Waals surface area contributed by atoms with Crippen molar-refractivity contribution in [2.75, 3.05) is 6.54 Å². The summed E-state index contributed by atoms with van der Waals surface area (Å²) in [5.41, 5.74) is 4.89. The molecular formula is C24H24N2O3. The topological polar surface area (TPSA) is 54.7 Å². The molecule has 1 saturated heterocycles. The monoisotopic (exact) mass is 388 g/mol. The lowest BCUT2D eigenvalue weighted by Gasteiger charge is -2.37. The Balaban J connectivity index is 1.51. The number of ether oxygens (including phenoxy) is 1. The van der Waals surface area contributed by atoms with Gasteiger partial charge in [-0.15, -0.1) is 0 Å². The van der Waals surface area contributed by atoms with E-state index in [9.17, 15) is 9.90 Å². The smallest absolute Gasteiger partial charge is 0.306 e. The molecule has 4 heterocycles. The van der Waals surface area contributed by atoms with E-state index in [2.05, 4.69) is 51.9 Å². The molecule has 1 fully saturated rings. The number of hydrogen-bond acceptors (Lipinski definition) is 4. The van der Waals surface area contributed by atoms with Crippen molar-refractivity contribution in [3.8, 4) is 0 Å². The summed E-state index contributed by atoms with van der Waals surface area (Å²) >= 11 is 0. The normalized spacial score (nSPS) is 28.7. The Hall–Kier alpha value is -2.63. The Morgan fingerprint density at radius 2 is 1.86 bits per heavy atom. The van der Waals surface area contributed by atoms with Crippen LogP contribution in [-0.4, -0.2) is 33.2 Å². The predicted octanol–water partition coefficient (Wildman–Crippen LogP) is 3.57. The van der Waals surface area contributed by atoms with Crippen LogP contribution in [0.4, 0.5) is 0 Å². The van der Waals surface area contributed by atoms with Crippen molar-refractivity contribution < 1.29 is 14.6 Å². The van der Waals surface area contributed by atoms with Gasteiger partial charge in [-0.1, -0.05) is 48.5 Å². The number of carbonyl (C=O) groups excluding carboxylic acids is 1. The second-order valence-electron chi connectivity index (χ2n) is 8.54. The molecule has 148 valence electrons. The van der Waals surface area contributed by atoms with E-state index in [1.54, 1.807) is 0 Å². The summed E-state index contributed by atoms with van der Waals surface area (Å²) in [4.78, 5) is 14.6. The Morgan fingerprint density at radius 3 is 2.72 bits per heavy atom. The van der Waals surface area contributed by atoms with Gasteiger partial charge in [0, 0.05) is 30.1 Å². The molecule has 3 aliphatic rings. The van der Waals surface area contributed by atoms with Crippen molar-refractivity contribution in [3.63, 3.8) is 0 Å². The molecule has 1 N–H and O–H groups in total. The van der Waals surface area contributed by atoms with Gasteiger partial charge in [-0.2, -0.15) is 0 Å². The fourth-order valence-corrected chi connectivity index (χ4v) is 5.70. The highest BCUT2D eigenvalue weighted by Crippen LogP contribution is 2.48. The number of aliphatic hydroxyl groups is 1. The van der Waals surface area contributed by atoms with Gasteiger partial charge in [0.15, 0.2) is 6.23 Å². The van der Waals surface area contributed by atoms with Crippen LogP contribution in [0.5, 0.6) is 0 Å². The summed E-state index contributed by atoms with van der Waals surface area (Å²) in [6, 6.07) is 19.0. The number of benzene rings is 2. The van der Waals surface area contributed by atoms with E-state index in [0.717, 1.165) is 31.4 Å². The Kier molecular flexibility index (Phi) is 3.83.